The van der Waals surface area contributed by atoms with Crippen molar-refractivity contribution in [1.29, 1.82) is 0 Å². The molecule has 53 valence electrons. The minimum Gasteiger partial charge on any atom is -0.371 e. The molecule has 0 atom stereocenters. The Morgan fingerprint density at radius 1 is 1.30 bits per heavy atom. The lowest BCUT2D eigenvalue weighted by Gasteiger charge is -1.98. The minimum atomic E-state index is 0.678. The summed E-state index contributed by atoms with van der Waals surface area (Å²) in [5.41, 5.74) is 1.21. The first-order valence-electron chi connectivity index (χ1n) is 3.37. The van der Waals surface area contributed by atoms with Crippen LogP contribution in [0.3, 0.4) is 0 Å². The number of rotatable bonds is 3. The number of hydrogen-bond acceptors (Lipinski definition) is 1. The molecule has 0 fully saturated rings. The van der Waals surface area contributed by atoms with Crippen molar-refractivity contribution in [3.05, 3.63) is 42.5 Å². The van der Waals surface area contributed by atoms with Crippen molar-refractivity contribution in [1.82, 2.24) is 0 Å². The fraction of sp³-hybridized carbons (Fsp3) is 0.222. The summed E-state index contributed by atoms with van der Waals surface area (Å²) in [6.07, 6.45) is 0. The normalized spacial score (nSPS) is 9.70. The van der Waals surface area contributed by atoms with E-state index in [2.05, 4.69) is 0 Å². The van der Waals surface area contributed by atoms with Crippen LogP contribution in [0.2, 0.25) is 0 Å². The van der Waals surface area contributed by atoms with Gasteiger partial charge in [-0.25, -0.2) is 0 Å². The first-order valence-corrected chi connectivity index (χ1v) is 3.37. The molecule has 1 nitrogen and oxygen atoms in total. The highest BCUT2D eigenvalue weighted by molar-refractivity contribution is 5.13. The summed E-state index contributed by atoms with van der Waals surface area (Å²) in [5, 5.41) is 0. The molecule has 0 aliphatic carbocycles. The maximum absolute atomic E-state index is 5.09. The van der Waals surface area contributed by atoms with Gasteiger partial charge in [0.25, 0.3) is 0 Å². The predicted octanol–water partition coefficient (Wildman–Crippen LogP) is 2.38. The van der Waals surface area contributed by atoms with Crippen LogP contribution in [0.25, 0.3) is 0 Å². The molecule has 10 heavy (non-hydrogen) atoms. The lowest BCUT2D eigenvalue weighted by Crippen LogP contribution is -1.86. The van der Waals surface area contributed by atoms with Gasteiger partial charge in [0.1, 0.15) is 0 Å². The van der Waals surface area contributed by atoms with Crippen LogP contribution < -0.4 is 0 Å². The average Bonchev–Trinajstić information content (AvgIpc) is 2.03. The van der Waals surface area contributed by atoms with E-state index < -0.39 is 0 Å². The van der Waals surface area contributed by atoms with E-state index >= 15 is 0 Å². The summed E-state index contributed by atoms with van der Waals surface area (Å²) < 4.78 is 5.09. The molecule has 0 amide bonds. The zero-order valence-corrected chi connectivity index (χ0v) is 6.08. The Kier molecular flexibility index (Phi) is 2.97. The summed E-state index contributed by atoms with van der Waals surface area (Å²) in [7, 11) is 0. The molecule has 1 aromatic carbocycles. The average molecular weight is 135 g/mol. The molecule has 0 saturated heterocycles. The second-order valence-electron chi connectivity index (χ2n) is 2.03. The van der Waals surface area contributed by atoms with Crippen LogP contribution in [0.4, 0.5) is 0 Å². The van der Waals surface area contributed by atoms with Gasteiger partial charge in [-0.2, -0.15) is 0 Å². The molecule has 0 spiro atoms. The van der Waals surface area contributed by atoms with Crippen LogP contribution in [-0.2, 0) is 11.3 Å². The highest BCUT2D eigenvalue weighted by Gasteiger charge is 1.87. The zero-order chi connectivity index (χ0) is 7.23. The van der Waals surface area contributed by atoms with Crippen LogP contribution in [0.5, 0.6) is 0 Å². The van der Waals surface area contributed by atoms with Gasteiger partial charge in [-0.3, -0.25) is 0 Å². The molecule has 1 aromatic rings. The molecule has 0 aromatic heterocycles. The largest absolute Gasteiger partial charge is 0.371 e. The molecule has 0 aliphatic rings. The summed E-state index contributed by atoms with van der Waals surface area (Å²) in [6, 6.07) is 10.1. The minimum absolute atomic E-state index is 0.678. The van der Waals surface area contributed by atoms with Gasteiger partial charge in [0.15, 0.2) is 0 Å². The molecule has 0 N–H and O–H groups in total. The summed E-state index contributed by atoms with van der Waals surface area (Å²) in [6.45, 7) is 4.26. The summed E-state index contributed by atoms with van der Waals surface area (Å²) >= 11 is 0. The molecular formula is C9H11O. The van der Waals surface area contributed by atoms with Crippen LogP contribution >= 0.6 is 0 Å². The van der Waals surface area contributed by atoms with Crippen molar-refractivity contribution in [2.75, 3.05) is 0 Å². The molecule has 1 rings (SSSR count). The second kappa shape index (κ2) is 4.07. The number of hydrogen-bond donors (Lipinski definition) is 0. The van der Waals surface area contributed by atoms with Gasteiger partial charge in [0.2, 0.25) is 0 Å². The predicted molar refractivity (Wildman–Crippen MR) is 41.2 cm³/mol. The first-order chi connectivity index (χ1) is 4.93. The van der Waals surface area contributed by atoms with E-state index in [1.165, 1.54) is 5.56 Å². The Labute approximate surface area is 61.6 Å². The topological polar surface area (TPSA) is 9.23 Å². The van der Waals surface area contributed by atoms with Gasteiger partial charge in [-0.1, -0.05) is 30.3 Å². The third kappa shape index (κ3) is 2.19. The van der Waals surface area contributed by atoms with Gasteiger partial charge in [0, 0.05) is 0 Å². The smallest absolute Gasteiger partial charge is 0.0810 e. The van der Waals surface area contributed by atoms with E-state index in [-0.39, 0.29) is 0 Å². The van der Waals surface area contributed by atoms with Gasteiger partial charge < -0.3 is 4.74 Å². The second-order valence-corrected chi connectivity index (χ2v) is 2.03. The standard InChI is InChI=1S/C9H11O/c1-2-10-8-9-6-4-3-5-7-9/h2-7H,8H2,1H3. The van der Waals surface area contributed by atoms with Crippen molar-refractivity contribution < 1.29 is 4.74 Å². The van der Waals surface area contributed by atoms with Crippen molar-refractivity contribution in [3.8, 4) is 0 Å². The molecule has 1 radical (unpaired) electrons. The van der Waals surface area contributed by atoms with Crippen molar-refractivity contribution in [3.63, 3.8) is 0 Å². The molecule has 0 saturated carbocycles. The van der Waals surface area contributed by atoms with Crippen molar-refractivity contribution in [2.24, 2.45) is 0 Å². The fourth-order valence-corrected chi connectivity index (χ4v) is 0.754. The lowest BCUT2D eigenvalue weighted by molar-refractivity contribution is 0.191. The molecule has 0 aliphatic heterocycles. The SMILES string of the molecule is C[CH]OCc1ccccc1. The Balaban J connectivity index is 2.43. The van der Waals surface area contributed by atoms with Gasteiger partial charge in [-0.05, 0) is 12.5 Å². The van der Waals surface area contributed by atoms with Gasteiger partial charge in [-0.15, -0.1) is 0 Å². The molecule has 0 bridgehead atoms. The van der Waals surface area contributed by atoms with E-state index in [0.29, 0.717) is 6.61 Å². The molecule has 0 unspecified atom stereocenters. The third-order valence-corrected chi connectivity index (χ3v) is 1.26. The Morgan fingerprint density at radius 2 is 2.00 bits per heavy atom. The highest BCUT2D eigenvalue weighted by Crippen LogP contribution is 2.00. The zero-order valence-electron chi connectivity index (χ0n) is 6.08. The van der Waals surface area contributed by atoms with Crippen LogP contribution in [-0.4, -0.2) is 0 Å². The maximum atomic E-state index is 5.09. The van der Waals surface area contributed by atoms with Gasteiger partial charge >= 0.3 is 0 Å². The molecular weight excluding hydrogens is 124 g/mol. The van der Waals surface area contributed by atoms with E-state index in [4.69, 9.17) is 4.74 Å². The van der Waals surface area contributed by atoms with Crippen LogP contribution in [0.15, 0.2) is 30.3 Å². The third-order valence-electron chi connectivity index (χ3n) is 1.26. The molecule has 0 heterocycles. The number of ether oxygens (including phenoxy) is 1. The van der Waals surface area contributed by atoms with Crippen molar-refractivity contribution >= 4 is 0 Å². The van der Waals surface area contributed by atoms with E-state index in [1.54, 1.807) is 6.61 Å². The van der Waals surface area contributed by atoms with E-state index in [0.717, 1.165) is 0 Å². The van der Waals surface area contributed by atoms with E-state index in [1.807, 2.05) is 37.3 Å². The highest BCUT2D eigenvalue weighted by atomic mass is 16.5. The fourth-order valence-electron chi connectivity index (χ4n) is 0.754. The Hall–Kier alpha value is -0.820. The first kappa shape index (κ1) is 7.29. The quantitative estimate of drug-likeness (QED) is 0.618. The monoisotopic (exact) mass is 135 g/mol. The number of benzene rings is 1. The lowest BCUT2D eigenvalue weighted by atomic mass is 10.2. The summed E-state index contributed by atoms with van der Waals surface area (Å²) in [4.78, 5) is 0. The Morgan fingerprint density at radius 3 is 2.60 bits per heavy atom. The maximum Gasteiger partial charge on any atom is 0.0810 e. The van der Waals surface area contributed by atoms with Gasteiger partial charge in [0.05, 0.1) is 13.2 Å². The van der Waals surface area contributed by atoms with Crippen LogP contribution in [0.1, 0.15) is 12.5 Å². The van der Waals surface area contributed by atoms with Crippen molar-refractivity contribution in [2.45, 2.75) is 13.5 Å². The molecule has 1 heteroatoms. The Bertz CT molecular complexity index is 169. The summed E-state index contributed by atoms with van der Waals surface area (Å²) in [5.74, 6) is 0. The van der Waals surface area contributed by atoms with Crippen LogP contribution in [0, 0.1) is 6.61 Å². The van der Waals surface area contributed by atoms with E-state index in [9.17, 15) is 0 Å².